The lowest BCUT2D eigenvalue weighted by molar-refractivity contribution is -0.141. The standard InChI is InChI=1S/C13H16F3N3O2/c1-8(2)17-12(20)19-6-9(7-19)21-11-5-3-4-10(18-11)13(14,15)16/h3-5,8-9H,6-7H2,1-2H3,(H,17,20). The van der Waals surface area contributed by atoms with Crippen LogP contribution < -0.4 is 10.1 Å². The average molecular weight is 303 g/mol. The Kier molecular flexibility index (Phi) is 4.24. The second-order valence-corrected chi connectivity index (χ2v) is 5.11. The number of carbonyl (C=O) groups is 1. The molecule has 0 spiro atoms. The molecule has 116 valence electrons. The molecule has 0 radical (unpaired) electrons. The van der Waals surface area contributed by atoms with Gasteiger partial charge in [0.05, 0.1) is 13.1 Å². The van der Waals surface area contributed by atoms with Gasteiger partial charge in [-0.3, -0.25) is 0 Å². The second kappa shape index (κ2) is 5.79. The third kappa shape index (κ3) is 3.99. The van der Waals surface area contributed by atoms with E-state index in [0.29, 0.717) is 13.1 Å². The summed E-state index contributed by atoms with van der Waals surface area (Å²) in [5.74, 6) is -0.0845. The van der Waals surface area contributed by atoms with Crippen LogP contribution in [0.25, 0.3) is 0 Å². The van der Waals surface area contributed by atoms with Crippen LogP contribution in [0.3, 0.4) is 0 Å². The molecule has 1 aromatic heterocycles. The number of carbonyl (C=O) groups excluding carboxylic acids is 1. The smallest absolute Gasteiger partial charge is 0.433 e. The Morgan fingerprint density at radius 2 is 2.10 bits per heavy atom. The van der Waals surface area contributed by atoms with Gasteiger partial charge in [0.2, 0.25) is 5.88 Å². The van der Waals surface area contributed by atoms with Gasteiger partial charge in [-0.2, -0.15) is 13.2 Å². The maximum atomic E-state index is 12.5. The summed E-state index contributed by atoms with van der Waals surface area (Å²) in [6, 6.07) is 3.32. The van der Waals surface area contributed by atoms with Gasteiger partial charge in [0.1, 0.15) is 11.8 Å². The predicted octanol–water partition coefficient (Wildman–Crippen LogP) is 2.28. The Hall–Kier alpha value is -1.99. The van der Waals surface area contributed by atoms with Crippen molar-refractivity contribution in [2.45, 2.75) is 32.2 Å². The van der Waals surface area contributed by atoms with Crippen molar-refractivity contribution in [3.63, 3.8) is 0 Å². The molecule has 0 bridgehead atoms. The van der Waals surface area contributed by atoms with Gasteiger partial charge in [0.25, 0.3) is 0 Å². The summed E-state index contributed by atoms with van der Waals surface area (Å²) in [4.78, 5) is 16.6. The zero-order valence-corrected chi connectivity index (χ0v) is 11.6. The van der Waals surface area contributed by atoms with E-state index in [1.165, 1.54) is 17.0 Å². The molecule has 2 amide bonds. The molecular weight excluding hydrogens is 287 g/mol. The summed E-state index contributed by atoms with van der Waals surface area (Å²) in [6.45, 7) is 4.35. The van der Waals surface area contributed by atoms with Crippen LogP contribution in [0.5, 0.6) is 5.88 Å². The number of ether oxygens (including phenoxy) is 1. The molecular formula is C13H16F3N3O2. The van der Waals surface area contributed by atoms with Gasteiger partial charge in [-0.25, -0.2) is 9.78 Å². The first-order valence-corrected chi connectivity index (χ1v) is 6.52. The van der Waals surface area contributed by atoms with Gasteiger partial charge in [-0.05, 0) is 19.9 Å². The summed E-state index contributed by atoms with van der Waals surface area (Å²) < 4.78 is 42.9. The van der Waals surface area contributed by atoms with Crippen molar-refractivity contribution in [1.82, 2.24) is 15.2 Å². The molecule has 1 saturated heterocycles. The van der Waals surface area contributed by atoms with Crippen LogP contribution in [0.4, 0.5) is 18.0 Å². The molecule has 0 aromatic carbocycles. The third-order valence-electron chi connectivity index (χ3n) is 2.85. The first kappa shape index (κ1) is 15.4. The molecule has 21 heavy (non-hydrogen) atoms. The second-order valence-electron chi connectivity index (χ2n) is 5.11. The summed E-state index contributed by atoms with van der Waals surface area (Å²) in [7, 11) is 0. The number of hydrogen-bond donors (Lipinski definition) is 1. The number of hydrogen-bond acceptors (Lipinski definition) is 3. The summed E-state index contributed by atoms with van der Waals surface area (Å²) >= 11 is 0. The lowest BCUT2D eigenvalue weighted by Crippen LogP contribution is -2.59. The molecule has 1 aliphatic rings. The van der Waals surface area contributed by atoms with Crippen molar-refractivity contribution >= 4 is 6.03 Å². The fourth-order valence-corrected chi connectivity index (χ4v) is 1.83. The van der Waals surface area contributed by atoms with Gasteiger partial charge in [0.15, 0.2) is 0 Å². The fourth-order valence-electron chi connectivity index (χ4n) is 1.83. The van der Waals surface area contributed by atoms with Crippen molar-refractivity contribution in [2.75, 3.05) is 13.1 Å². The molecule has 0 saturated carbocycles. The highest BCUT2D eigenvalue weighted by Gasteiger charge is 2.35. The van der Waals surface area contributed by atoms with Crippen LogP contribution in [0.1, 0.15) is 19.5 Å². The molecule has 0 atom stereocenters. The summed E-state index contributed by atoms with van der Waals surface area (Å²) in [6.07, 6.45) is -4.83. The zero-order valence-electron chi connectivity index (χ0n) is 11.6. The topological polar surface area (TPSA) is 54.5 Å². The van der Waals surface area contributed by atoms with E-state index in [-0.39, 0.29) is 24.1 Å². The van der Waals surface area contributed by atoms with E-state index >= 15 is 0 Å². The Balaban J connectivity index is 1.87. The molecule has 0 aliphatic carbocycles. The van der Waals surface area contributed by atoms with Crippen molar-refractivity contribution in [2.24, 2.45) is 0 Å². The Bertz CT molecular complexity index is 514. The van der Waals surface area contributed by atoms with Gasteiger partial charge in [-0.15, -0.1) is 0 Å². The number of nitrogens with zero attached hydrogens (tertiary/aromatic N) is 2. The van der Waals surface area contributed by atoms with E-state index in [4.69, 9.17) is 4.74 Å². The largest absolute Gasteiger partial charge is 0.471 e. The molecule has 8 heteroatoms. The number of amides is 2. The molecule has 2 heterocycles. The van der Waals surface area contributed by atoms with Gasteiger partial charge >= 0.3 is 12.2 Å². The first-order valence-electron chi connectivity index (χ1n) is 6.52. The Morgan fingerprint density at radius 3 is 2.67 bits per heavy atom. The highest BCUT2D eigenvalue weighted by molar-refractivity contribution is 5.75. The van der Waals surface area contributed by atoms with Crippen LogP contribution in [0.2, 0.25) is 0 Å². The molecule has 5 nitrogen and oxygen atoms in total. The van der Waals surface area contributed by atoms with Gasteiger partial charge in [0, 0.05) is 12.1 Å². The third-order valence-corrected chi connectivity index (χ3v) is 2.85. The van der Waals surface area contributed by atoms with E-state index in [0.717, 1.165) is 6.07 Å². The summed E-state index contributed by atoms with van der Waals surface area (Å²) in [5.41, 5.74) is -0.992. The number of urea groups is 1. The SMILES string of the molecule is CC(C)NC(=O)N1CC(Oc2cccc(C(F)(F)F)n2)C1. The number of aromatic nitrogens is 1. The maximum Gasteiger partial charge on any atom is 0.433 e. The first-order chi connectivity index (χ1) is 9.75. The van der Waals surface area contributed by atoms with E-state index in [9.17, 15) is 18.0 Å². The molecule has 1 N–H and O–H groups in total. The van der Waals surface area contributed by atoms with Crippen LogP contribution in [-0.4, -0.2) is 41.2 Å². The van der Waals surface area contributed by atoms with Gasteiger partial charge in [-0.1, -0.05) is 6.07 Å². The average Bonchev–Trinajstić information content (AvgIpc) is 2.31. The van der Waals surface area contributed by atoms with E-state index in [1.54, 1.807) is 0 Å². The Labute approximate surface area is 120 Å². The molecule has 1 fully saturated rings. The number of rotatable bonds is 3. The number of likely N-dealkylation sites (tertiary alicyclic amines) is 1. The van der Waals surface area contributed by atoms with Gasteiger partial charge < -0.3 is 15.0 Å². The number of nitrogens with one attached hydrogen (secondary N) is 1. The predicted molar refractivity (Wildman–Crippen MR) is 68.9 cm³/mol. The fraction of sp³-hybridized carbons (Fsp3) is 0.538. The summed E-state index contributed by atoms with van der Waals surface area (Å²) in [5, 5.41) is 2.73. The van der Waals surface area contributed by atoms with Crippen molar-refractivity contribution < 1.29 is 22.7 Å². The number of halogens is 3. The van der Waals surface area contributed by atoms with Crippen molar-refractivity contribution in [1.29, 1.82) is 0 Å². The number of alkyl halides is 3. The monoisotopic (exact) mass is 303 g/mol. The van der Waals surface area contributed by atoms with E-state index in [2.05, 4.69) is 10.3 Å². The normalized spacial score (nSPS) is 15.8. The van der Waals surface area contributed by atoms with Crippen LogP contribution in [-0.2, 0) is 6.18 Å². The highest BCUT2D eigenvalue weighted by Crippen LogP contribution is 2.29. The van der Waals surface area contributed by atoms with Crippen LogP contribution >= 0.6 is 0 Å². The number of pyridine rings is 1. The molecule has 1 aromatic rings. The van der Waals surface area contributed by atoms with E-state index < -0.39 is 11.9 Å². The minimum atomic E-state index is -4.50. The molecule has 0 unspecified atom stereocenters. The zero-order chi connectivity index (χ0) is 15.6. The quantitative estimate of drug-likeness (QED) is 0.932. The molecule has 2 rings (SSSR count). The van der Waals surface area contributed by atoms with Crippen LogP contribution in [0.15, 0.2) is 18.2 Å². The maximum absolute atomic E-state index is 12.5. The van der Waals surface area contributed by atoms with E-state index in [1.807, 2.05) is 13.8 Å². The van der Waals surface area contributed by atoms with Crippen LogP contribution in [0, 0.1) is 0 Å². The minimum absolute atomic E-state index is 0.0302. The lowest BCUT2D eigenvalue weighted by Gasteiger charge is -2.38. The lowest BCUT2D eigenvalue weighted by atomic mass is 10.2. The van der Waals surface area contributed by atoms with Crippen molar-refractivity contribution in [3.05, 3.63) is 23.9 Å². The molecule has 1 aliphatic heterocycles. The Morgan fingerprint density at radius 1 is 1.43 bits per heavy atom. The van der Waals surface area contributed by atoms with Crippen molar-refractivity contribution in [3.8, 4) is 5.88 Å². The minimum Gasteiger partial charge on any atom is -0.471 e. The highest BCUT2D eigenvalue weighted by atomic mass is 19.4.